The number of halogens is 2. The second-order valence-corrected chi connectivity index (χ2v) is 4.73. The topological polar surface area (TPSA) is 69.8 Å². The number of H-pyrrole nitrogens is 1. The van der Waals surface area contributed by atoms with Gasteiger partial charge < -0.3 is 10.6 Å². The third kappa shape index (κ3) is 3.22. The minimum atomic E-state index is -0.321. The molecule has 3 rings (SSSR count). The highest BCUT2D eigenvalue weighted by atomic mass is 35.5. The second-order valence-electron chi connectivity index (χ2n) is 4.73. The zero-order chi connectivity index (χ0) is 13.9. The Hall–Kier alpha value is -1.92. The van der Waals surface area contributed by atoms with Crippen LogP contribution in [-0.2, 0) is 19.5 Å². The van der Waals surface area contributed by atoms with Crippen molar-refractivity contribution in [3.05, 3.63) is 52.6 Å². The maximum Gasteiger partial charge on any atom is 0.272 e. The van der Waals surface area contributed by atoms with Crippen LogP contribution >= 0.6 is 12.4 Å². The van der Waals surface area contributed by atoms with E-state index in [4.69, 9.17) is 0 Å². The van der Waals surface area contributed by atoms with Crippen LogP contribution in [-0.4, -0.2) is 22.6 Å². The molecule has 0 radical (unpaired) electrons. The smallest absolute Gasteiger partial charge is 0.272 e. The number of aromatic nitrogens is 2. The third-order valence-corrected chi connectivity index (χ3v) is 3.42. The Morgan fingerprint density at radius 2 is 2.19 bits per heavy atom. The number of benzene rings is 1. The number of amides is 1. The van der Waals surface area contributed by atoms with Gasteiger partial charge in [-0.3, -0.25) is 9.89 Å². The SMILES string of the molecule is Cl.O=C(NCc1ccccc1F)c1n[nH]c2c1CNCC2. The van der Waals surface area contributed by atoms with Gasteiger partial charge in [0.05, 0.1) is 0 Å². The molecule has 1 amide bonds. The van der Waals surface area contributed by atoms with E-state index in [1.807, 2.05) is 0 Å². The van der Waals surface area contributed by atoms with Gasteiger partial charge >= 0.3 is 0 Å². The van der Waals surface area contributed by atoms with Crippen LogP contribution in [0.4, 0.5) is 4.39 Å². The number of carbonyl (C=O) groups excluding carboxylic acids is 1. The number of nitrogens with zero attached hydrogens (tertiary/aromatic N) is 1. The van der Waals surface area contributed by atoms with Crippen molar-refractivity contribution in [2.45, 2.75) is 19.5 Å². The predicted molar refractivity (Wildman–Crippen MR) is 78.8 cm³/mol. The van der Waals surface area contributed by atoms with E-state index in [2.05, 4.69) is 20.8 Å². The third-order valence-electron chi connectivity index (χ3n) is 3.42. The van der Waals surface area contributed by atoms with Gasteiger partial charge in [-0.2, -0.15) is 5.10 Å². The van der Waals surface area contributed by atoms with E-state index in [1.165, 1.54) is 6.07 Å². The van der Waals surface area contributed by atoms with Crippen molar-refractivity contribution in [3.63, 3.8) is 0 Å². The van der Waals surface area contributed by atoms with Crippen molar-refractivity contribution < 1.29 is 9.18 Å². The summed E-state index contributed by atoms with van der Waals surface area (Å²) in [6.07, 6.45) is 0.836. The number of fused-ring (bicyclic) bond motifs is 1. The minimum Gasteiger partial charge on any atom is -0.346 e. The maximum absolute atomic E-state index is 13.5. The van der Waals surface area contributed by atoms with Gasteiger partial charge in [-0.05, 0) is 6.07 Å². The highest BCUT2D eigenvalue weighted by Crippen LogP contribution is 2.15. The summed E-state index contributed by atoms with van der Waals surface area (Å²) in [7, 11) is 0. The molecule has 2 heterocycles. The first kappa shape index (κ1) is 15.5. The van der Waals surface area contributed by atoms with E-state index in [1.54, 1.807) is 18.2 Å². The minimum absolute atomic E-state index is 0. The number of rotatable bonds is 3. The monoisotopic (exact) mass is 310 g/mol. The predicted octanol–water partition coefficient (Wildman–Crippen LogP) is 1.55. The quantitative estimate of drug-likeness (QED) is 0.805. The number of carbonyl (C=O) groups is 1. The molecular formula is C14H16ClFN4O. The molecule has 0 aliphatic carbocycles. The Balaban J connectivity index is 0.00000161. The van der Waals surface area contributed by atoms with Crippen LogP contribution in [0.1, 0.15) is 27.3 Å². The Morgan fingerprint density at radius 3 is 3.00 bits per heavy atom. The number of aromatic amines is 1. The summed E-state index contributed by atoms with van der Waals surface area (Å²) in [6, 6.07) is 6.39. The molecule has 21 heavy (non-hydrogen) atoms. The van der Waals surface area contributed by atoms with Crippen LogP contribution in [0.5, 0.6) is 0 Å². The van der Waals surface area contributed by atoms with Gasteiger partial charge in [-0.15, -0.1) is 12.4 Å². The summed E-state index contributed by atoms with van der Waals surface area (Å²) in [5.41, 5.74) is 2.76. The Bertz CT molecular complexity index is 644. The van der Waals surface area contributed by atoms with Gasteiger partial charge in [0.15, 0.2) is 5.69 Å². The normalized spacial score (nSPS) is 13.2. The molecular weight excluding hydrogens is 295 g/mol. The molecule has 1 aliphatic rings. The lowest BCUT2D eigenvalue weighted by molar-refractivity contribution is 0.0944. The average Bonchev–Trinajstić information content (AvgIpc) is 2.90. The Morgan fingerprint density at radius 1 is 1.38 bits per heavy atom. The number of nitrogens with one attached hydrogen (secondary N) is 3. The van der Waals surface area contributed by atoms with Crippen molar-refractivity contribution in [3.8, 4) is 0 Å². The molecule has 1 aromatic heterocycles. The molecule has 0 fully saturated rings. The highest BCUT2D eigenvalue weighted by Gasteiger charge is 2.21. The molecule has 2 aromatic rings. The molecule has 1 aliphatic heterocycles. The molecule has 0 spiro atoms. The van der Waals surface area contributed by atoms with Crippen LogP contribution < -0.4 is 10.6 Å². The molecule has 0 unspecified atom stereocenters. The van der Waals surface area contributed by atoms with Crippen molar-refractivity contribution in [1.29, 1.82) is 0 Å². The summed E-state index contributed by atoms with van der Waals surface area (Å²) in [4.78, 5) is 12.1. The molecule has 1 aromatic carbocycles. The fourth-order valence-corrected chi connectivity index (χ4v) is 2.31. The molecule has 112 valence electrons. The molecule has 7 heteroatoms. The van der Waals surface area contributed by atoms with Gasteiger partial charge in [-0.1, -0.05) is 18.2 Å². The lowest BCUT2D eigenvalue weighted by atomic mass is 10.1. The Labute approximate surface area is 127 Å². The fraction of sp³-hybridized carbons (Fsp3) is 0.286. The maximum atomic E-state index is 13.5. The van der Waals surface area contributed by atoms with E-state index >= 15 is 0 Å². The average molecular weight is 311 g/mol. The summed E-state index contributed by atoms with van der Waals surface area (Å²) in [5.74, 6) is -0.604. The van der Waals surface area contributed by atoms with E-state index in [9.17, 15) is 9.18 Å². The Kier molecular flexibility index (Phi) is 4.93. The van der Waals surface area contributed by atoms with Crippen LogP contribution in [0.25, 0.3) is 0 Å². The summed E-state index contributed by atoms with van der Waals surface area (Å²) in [6.45, 7) is 1.67. The second kappa shape index (κ2) is 6.69. The summed E-state index contributed by atoms with van der Waals surface area (Å²) < 4.78 is 13.5. The van der Waals surface area contributed by atoms with Crippen LogP contribution in [0.15, 0.2) is 24.3 Å². The molecule has 0 saturated heterocycles. The van der Waals surface area contributed by atoms with E-state index in [0.717, 1.165) is 24.2 Å². The molecule has 3 N–H and O–H groups in total. The first-order valence-electron chi connectivity index (χ1n) is 6.54. The van der Waals surface area contributed by atoms with Gasteiger partial charge in [0.1, 0.15) is 5.82 Å². The molecule has 5 nitrogen and oxygen atoms in total. The summed E-state index contributed by atoms with van der Waals surface area (Å²) in [5, 5.41) is 12.9. The number of hydrogen-bond donors (Lipinski definition) is 3. The van der Waals surface area contributed by atoms with Crippen molar-refractivity contribution in [2.75, 3.05) is 6.54 Å². The molecule has 0 saturated carbocycles. The zero-order valence-corrected chi connectivity index (χ0v) is 12.1. The van der Waals surface area contributed by atoms with Crippen LogP contribution in [0.2, 0.25) is 0 Å². The first-order valence-corrected chi connectivity index (χ1v) is 6.54. The zero-order valence-electron chi connectivity index (χ0n) is 11.3. The summed E-state index contributed by atoms with van der Waals surface area (Å²) >= 11 is 0. The van der Waals surface area contributed by atoms with Gasteiger partial charge in [0.25, 0.3) is 5.91 Å². The van der Waals surface area contributed by atoms with Gasteiger partial charge in [-0.25, -0.2) is 4.39 Å². The molecule has 0 atom stereocenters. The standard InChI is InChI=1S/C14H15FN4O.ClH/c15-11-4-2-1-3-9(11)7-17-14(20)13-10-8-16-6-5-12(10)18-19-13;/h1-4,16H,5-8H2,(H,17,20)(H,18,19);1H. The van der Waals surface area contributed by atoms with Crippen molar-refractivity contribution in [1.82, 2.24) is 20.8 Å². The van der Waals surface area contributed by atoms with Gasteiger partial charge in [0.2, 0.25) is 0 Å². The van der Waals surface area contributed by atoms with Gasteiger partial charge in [0, 0.05) is 42.9 Å². The van der Waals surface area contributed by atoms with E-state index in [0.29, 0.717) is 17.8 Å². The number of hydrogen-bond acceptors (Lipinski definition) is 3. The van der Waals surface area contributed by atoms with Crippen LogP contribution in [0.3, 0.4) is 0 Å². The van der Waals surface area contributed by atoms with Crippen molar-refractivity contribution >= 4 is 18.3 Å². The highest BCUT2D eigenvalue weighted by molar-refractivity contribution is 5.94. The first-order chi connectivity index (χ1) is 9.75. The largest absolute Gasteiger partial charge is 0.346 e. The fourth-order valence-electron chi connectivity index (χ4n) is 2.31. The van der Waals surface area contributed by atoms with E-state index < -0.39 is 0 Å². The molecule has 0 bridgehead atoms. The van der Waals surface area contributed by atoms with Crippen molar-refractivity contribution in [2.24, 2.45) is 0 Å². The van der Waals surface area contributed by atoms with E-state index in [-0.39, 0.29) is 30.7 Å². The van der Waals surface area contributed by atoms with Crippen LogP contribution in [0, 0.1) is 5.82 Å². The lowest BCUT2D eigenvalue weighted by Gasteiger charge is -2.12. The lowest BCUT2D eigenvalue weighted by Crippen LogP contribution is -2.28.